The van der Waals surface area contributed by atoms with E-state index in [1.54, 1.807) is 0 Å². The summed E-state index contributed by atoms with van der Waals surface area (Å²) in [4.78, 5) is 0. The van der Waals surface area contributed by atoms with Crippen molar-refractivity contribution in [2.45, 2.75) is 32.2 Å². The van der Waals surface area contributed by atoms with Crippen molar-refractivity contribution < 1.29 is 0 Å². The average molecular weight is 279 g/mol. The fourth-order valence-corrected chi connectivity index (χ4v) is 2.40. The molecule has 16 heavy (non-hydrogen) atoms. The molecule has 0 radical (unpaired) electrons. The molecule has 2 nitrogen and oxygen atoms in total. The second kappa shape index (κ2) is 4.88. The number of nitrogens with zero attached hydrogens (tertiary/aromatic N) is 1. The van der Waals surface area contributed by atoms with Gasteiger partial charge in [-0.1, -0.05) is 22.4 Å². The van der Waals surface area contributed by atoms with Crippen LogP contribution in [0.25, 0.3) is 0 Å². The molecule has 1 aliphatic carbocycles. The third-order valence-corrected chi connectivity index (χ3v) is 3.84. The molecule has 1 N–H and O–H groups in total. The van der Waals surface area contributed by atoms with Crippen molar-refractivity contribution in [3.05, 3.63) is 28.2 Å². The summed E-state index contributed by atoms with van der Waals surface area (Å²) >= 11 is 3.43. The van der Waals surface area contributed by atoms with Crippen molar-refractivity contribution in [2.75, 3.05) is 5.32 Å². The fourth-order valence-electron chi connectivity index (χ4n) is 2.04. The van der Waals surface area contributed by atoms with Crippen molar-refractivity contribution in [3.63, 3.8) is 0 Å². The number of hydrogen-bond acceptors (Lipinski definition) is 2. The highest BCUT2D eigenvalue weighted by molar-refractivity contribution is 9.10. The monoisotopic (exact) mass is 278 g/mol. The molecule has 84 valence electrons. The Hall–Kier alpha value is -1.01. The molecule has 0 heterocycles. The van der Waals surface area contributed by atoms with Crippen molar-refractivity contribution in [1.29, 1.82) is 5.26 Å². The largest absolute Gasteiger partial charge is 0.381 e. The van der Waals surface area contributed by atoms with Crippen molar-refractivity contribution in [1.82, 2.24) is 0 Å². The third kappa shape index (κ3) is 2.38. The minimum atomic E-state index is 0.454. The number of anilines is 1. The van der Waals surface area contributed by atoms with Crippen molar-refractivity contribution in [3.8, 4) is 6.07 Å². The maximum absolute atomic E-state index is 9.03. The molecule has 3 heteroatoms. The molecular formula is C13H15BrN2. The molecule has 1 saturated carbocycles. The molecular weight excluding hydrogens is 264 g/mol. The smallest absolute Gasteiger partial charge is 0.101 e. The van der Waals surface area contributed by atoms with Crippen LogP contribution in [0.4, 0.5) is 5.69 Å². The van der Waals surface area contributed by atoms with Crippen LogP contribution in [0.3, 0.4) is 0 Å². The van der Waals surface area contributed by atoms with Gasteiger partial charge in [-0.2, -0.15) is 5.26 Å². The number of benzene rings is 1. The SMILES string of the molecule is CC(Nc1cc(Br)ccc1C#N)C1CCC1. The van der Waals surface area contributed by atoms with Gasteiger partial charge in [-0.25, -0.2) is 0 Å². The Morgan fingerprint density at radius 2 is 2.25 bits per heavy atom. The molecule has 0 bridgehead atoms. The summed E-state index contributed by atoms with van der Waals surface area (Å²) < 4.78 is 1.01. The lowest BCUT2D eigenvalue weighted by Gasteiger charge is -2.32. The van der Waals surface area contributed by atoms with Crippen LogP contribution in [0, 0.1) is 17.2 Å². The number of halogens is 1. The highest BCUT2D eigenvalue weighted by atomic mass is 79.9. The summed E-state index contributed by atoms with van der Waals surface area (Å²) in [6.45, 7) is 2.20. The highest BCUT2D eigenvalue weighted by Crippen LogP contribution is 2.32. The minimum Gasteiger partial charge on any atom is -0.381 e. The van der Waals surface area contributed by atoms with Crippen LogP contribution in [0.5, 0.6) is 0 Å². The van der Waals surface area contributed by atoms with E-state index in [1.165, 1.54) is 19.3 Å². The maximum atomic E-state index is 9.03. The van der Waals surface area contributed by atoms with Crippen LogP contribution < -0.4 is 5.32 Å². The summed E-state index contributed by atoms with van der Waals surface area (Å²) in [5.74, 6) is 0.769. The van der Waals surface area contributed by atoms with Crippen LogP contribution in [-0.2, 0) is 0 Å². The Kier molecular flexibility index (Phi) is 3.50. The first-order valence-electron chi connectivity index (χ1n) is 5.67. The van der Waals surface area contributed by atoms with Crippen LogP contribution in [0.15, 0.2) is 22.7 Å². The van der Waals surface area contributed by atoms with Gasteiger partial charge in [-0.3, -0.25) is 0 Å². The summed E-state index contributed by atoms with van der Waals surface area (Å²) in [6, 6.07) is 8.40. The quantitative estimate of drug-likeness (QED) is 0.910. The van der Waals surface area contributed by atoms with Gasteiger partial charge in [-0.05, 0) is 43.9 Å². The standard InChI is InChI=1S/C13H15BrN2/c1-9(10-3-2-4-10)16-13-7-12(14)6-5-11(13)8-15/h5-7,9-10,16H,2-4H2,1H3. The van der Waals surface area contributed by atoms with Gasteiger partial charge < -0.3 is 5.32 Å². The van der Waals surface area contributed by atoms with E-state index < -0.39 is 0 Å². The van der Waals surface area contributed by atoms with Crippen molar-refractivity contribution in [2.24, 2.45) is 5.92 Å². The minimum absolute atomic E-state index is 0.454. The molecule has 0 saturated heterocycles. The van der Waals surface area contributed by atoms with E-state index in [0.29, 0.717) is 6.04 Å². The first-order chi connectivity index (χ1) is 7.70. The molecule has 1 unspecified atom stereocenters. The zero-order chi connectivity index (χ0) is 11.5. The van der Waals surface area contributed by atoms with Gasteiger partial charge in [-0.15, -0.1) is 0 Å². The Morgan fingerprint density at radius 3 is 2.81 bits per heavy atom. The molecule has 1 fully saturated rings. The molecule has 1 aromatic rings. The molecule has 1 aliphatic rings. The zero-order valence-electron chi connectivity index (χ0n) is 9.33. The van der Waals surface area contributed by atoms with Gasteiger partial charge >= 0.3 is 0 Å². The second-order valence-electron chi connectivity index (χ2n) is 4.43. The van der Waals surface area contributed by atoms with Crippen LogP contribution in [-0.4, -0.2) is 6.04 Å². The molecule has 0 amide bonds. The zero-order valence-corrected chi connectivity index (χ0v) is 10.9. The lowest BCUT2D eigenvalue weighted by Crippen LogP contribution is -2.31. The van der Waals surface area contributed by atoms with E-state index in [4.69, 9.17) is 5.26 Å². The predicted octanol–water partition coefficient (Wildman–Crippen LogP) is 3.92. The van der Waals surface area contributed by atoms with E-state index in [1.807, 2.05) is 18.2 Å². The molecule has 0 spiro atoms. The fraction of sp³-hybridized carbons (Fsp3) is 0.462. The Labute approximate surface area is 105 Å². The summed E-state index contributed by atoms with van der Waals surface area (Å²) in [6.07, 6.45) is 3.97. The van der Waals surface area contributed by atoms with E-state index in [2.05, 4.69) is 34.2 Å². The van der Waals surface area contributed by atoms with Gasteiger partial charge in [0.15, 0.2) is 0 Å². The van der Waals surface area contributed by atoms with Crippen LogP contribution >= 0.6 is 15.9 Å². The maximum Gasteiger partial charge on any atom is 0.101 e. The molecule has 2 rings (SSSR count). The Bertz CT molecular complexity index is 418. The van der Waals surface area contributed by atoms with E-state index >= 15 is 0 Å². The average Bonchev–Trinajstić information content (AvgIpc) is 2.15. The summed E-state index contributed by atoms with van der Waals surface area (Å²) in [5, 5.41) is 12.5. The number of nitriles is 1. The predicted molar refractivity (Wildman–Crippen MR) is 69.3 cm³/mol. The number of hydrogen-bond donors (Lipinski definition) is 1. The Morgan fingerprint density at radius 1 is 1.50 bits per heavy atom. The van der Waals surface area contributed by atoms with Gasteiger partial charge in [0.1, 0.15) is 6.07 Å². The highest BCUT2D eigenvalue weighted by Gasteiger charge is 2.24. The molecule has 0 aromatic heterocycles. The van der Waals surface area contributed by atoms with Gasteiger partial charge in [0.05, 0.1) is 11.3 Å². The summed E-state index contributed by atoms with van der Waals surface area (Å²) in [7, 11) is 0. The normalized spacial score (nSPS) is 17.3. The van der Waals surface area contributed by atoms with Gasteiger partial charge in [0.2, 0.25) is 0 Å². The topological polar surface area (TPSA) is 35.8 Å². The lowest BCUT2D eigenvalue weighted by atomic mass is 9.80. The van der Waals surface area contributed by atoms with E-state index in [9.17, 15) is 0 Å². The Balaban J connectivity index is 2.13. The van der Waals surface area contributed by atoms with E-state index in [-0.39, 0.29) is 0 Å². The third-order valence-electron chi connectivity index (χ3n) is 3.34. The lowest BCUT2D eigenvalue weighted by molar-refractivity contribution is 0.285. The number of nitrogens with one attached hydrogen (secondary N) is 1. The second-order valence-corrected chi connectivity index (χ2v) is 5.34. The first kappa shape index (κ1) is 11.5. The van der Waals surface area contributed by atoms with Crippen LogP contribution in [0.2, 0.25) is 0 Å². The number of rotatable bonds is 3. The van der Waals surface area contributed by atoms with Gasteiger partial charge in [0, 0.05) is 10.5 Å². The van der Waals surface area contributed by atoms with Crippen molar-refractivity contribution >= 4 is 21.6 Å². The first-order valence-corrected chi connectivity index (χ1v) is 6.46. The molecule has 1 atom stereocenters. The molecule has 0 aliphatic heterocycles. The van der Waals surface area contributed by atoms with Gasteiger partial charge in [0.25, 0.3) is 0 Å². The molecule has 1 aromatic carbocycles. The van der Waals surface area contributed by atoms with Crippen LogP contribution in [0.1, 0.15) is 31.7 Å². The van der Waals surface area contributed by atoms with E-state index in [0.717, 1.165) is 21.6 Å². The summed E-state index contributed by atoms with van der Waals surface area (Å²) in [5.41, 5.74) is 1.66.